The molecule has 1 fully saturated rings. The molecule has 0 unspecified atom stereocenters. The summed E-state index contributed by atoms with van der Waals surface area (Å²) >= 11 is 11.2. The predicted molar refractivity (Wildman–Crippen MR) is 43.6 cm³/mol. The first kappa shape index (κ1) is 8.63. The Morgan fingerprint density at radius 2 is 2.30 bits per heavy atom. The van der Waals surface area contributed by atoms with E-state index in [2.05, 4.69) is 6.92 Å². The van der Waals surface area contributed by atoms with Crippen molar-refractivity contribution in [3.05, 3.63) is 0 Å². The molecule has 0 bridgehead atoms. The summed E-state index contributed by atoms with van der Waals surface area (Å²) in [5, 5.41) is 0. The van der Waals surface area contributed by atoms with Crippen LogP contribution in [-0.4, -0.2) is 17.5 Å². The van der Waals surface area contributed by atoms with Crippen molar-refractivity contribution in [1.82, 2.24) is 0 Å². The van der Waals surface area contributed by atoms with Gasteiger partial charge in [-0.2, -0.15) is 0 Å². The van der Waals surface area contributed by atoms with Gasteiger partial charge >= 0.3 is 0 Å². The lowest BCUT2D eigenvalue weighted by atomic mass is 10.1. The summed E-state index contributed by atoms with van der Waals surface area (Å²) in [7, 11) is 0. The summed E-state index contributed by atoms with van der Waals surface area (Å²) in [6.07, 6.45) is 2.18. The van der Waals surface area contributed by atoms with Crippen LogP contribution in [0.4, 0.5) is 0 Å². The largest absolute Gasteiger partial charge is 0.378 e. The maximum absolute atomic E-state index is 5.59. The van der Waals surface area contributed by atoms with Crippen molar-refractivity contribution >= 4 is 23.2 Å². The third-order valence-corrected chi connectivity index (χ3v) is 2.08. The van der Waals surface area contributed by atoms with E-state index >= 15 is 0 Å². The fraction of sp³-hybridized carbons (Fsp3) is 1.00. The van der Waals surface area contributed by atoms with Gasteiger partial charge in [0.05, 0.1) is 6.10 Å². The Kier molecular flexibility index (Phi) is 3.28. The van der Waals surface area contributed by atoms with Crippen LogP contribution in [-0.2, 0) is 4.74 Å². The van der Waals surface area contributed by atoms with Crippen molar-refractivity contribution < 1.29 is 4.74 Å². The average molecular weight is 183 g/mol. The molecule has 0 saturated carbocycles. The molecule has 10 heavy (non-hydrogen) atoms. The van der Waals surface area contributed by atoms with E-state index in [0.717, 1.165) is 19.4 Å². The molecule has 1 saturated heterocycles. The predicted octanol–water partition coefficient (Wildman–Crippen LogP) is 2.61. The van der Waals surface area contributed by atoms with Crippen LogP contribution in [0.2, 0.25) is 0 Å². The minimum absolute atomic E-state index is 0.268. The van der Waals surface area contributed by atoms with Gasteiger partial charge in [0.1, 0.15) is 4.84 Å². The van der Waals surface area contributed by atoms with E-state index in [-0.39, 0.29) is 4.84 Å². The Hall–Kier alpha value is 0.540. The lowest BCUT2D eigenvalue weighted by molar-refractivity contribution is 0.104. The molecule has 3 heteroatoms. The standard InChI is InChI=1S/C7H12Cl2O/c1-5-2-6(10-4-5)3-7(8)9/h5-7H,2-4H2,1H3/t5-,6+/m1/s1. The number of alkyl halides is 2. The molecule has 0 aromatic carbocycles. The van der Waals surface area contributed by atoms with Gasteiger partial charge in [-0.1, -0.05) is 6.92 Å². The molecule has 1 aliphatic heterocycles. The van der Waals surface area contributed by atoms with Gasteiger partial charge in [-0.25, -0.2) is 0 Å². The molecule has 1 rings (SSSR count). The molecule has 1 heterocycles. The maximum Gasteiger partial charge on any atom is 0.110 e. The van der Waals surface area contributed by atoms with Crippen molar-refractivity contribution in [2.24, 2.45) is 5.92 Å². The molecule has 0 aromatic heterocycles. The first-order valence-electron chi connectivity index (χ1n) is 3.58. The summed E-state index contributed by atoms with van der Waals surface area (Å²) < 4.78 is 5.41. The Labute approximate surface area is 71.6 Å². The normalized spacial score (nSPS) is 33.6. The van der Waals surface area contributed by atoms with Crippen molar-refractivity contribution in [3.8, 4) is 0 Å². The molecule has 1 aliphatic rings. The highest BCUT2D eigenvalue weighted by molar-refractivity contribution is 6.44. The Morgan fingerprint density at radius 1 is 1.60 bits per heavy atom. The van der Waals surface area contributed by atoms with Crippen molar-refractivity contribution in [2.45, 2.75) is 30.7 Å². The first-order chi connectivity index (χ1) is 4.68. The molecule has 0 amide bonds. The van der Waals surface area contributed by atoms with Crippen LogP contribution in [0, 0.1) is 5.92 Å². The molecule has 60 valence electrons. The summed E-state index contributed by atoms with van der Waals surface area (Å²) in [5.74, 6) is 0.678. The van der Waals surface area contributed by atoms with E-state index in [1.165, 1.54) is 0 Å². The van der Waals surface area contributed by atoms with Crippen LogP contribution < -0.4 is 0 Å². The van der Waals surface area contributed by atoms with Crippen LogP contribution in [0.15, 0.2) is 0 Å². The molecule has 0 radical (unpaired) electrons. The summed E-state index contributed by atoms with van der Waals surface area (Å²) in [4.78, 5) is -0.268. The number of ether oxygens (including phenoxy) is 1. The SMILES string of the molecule is C[C@H]1CO[C@H](CC(Cl)Cl)C1. The summed E-state index contributed by atoms with van der Waals surface area (Å²) in [6, 6.07) is 0. The molecule has 0 N–H and O–H groups in total. The van der Waals surface area contributed by atoms with Gasteiger partial charge in [-0.05, 0) is 12.3 Å². The molecule has 2 atom stereocenters. The number of hydrogen-bond donors (Lipinski definition) is 0. The Balaban J connectivity index is 2.18. The fourth-order valence-electron chi connectivity index (χ4n) is 1.25. The number of rotatable bonds is 2. The van der Waals surface area contributed by atoms with Gasteiger partial charge in [-0.3, -0.25) is 0 Å². The number of hydrogen-bond acceptors (Lipinski definition) is 1. The minimum atomic E-state index is -0.268. The zero-order valence-corrected chi connectivity index (χ0v) is 7.53. The second-order valence-electron chi connectivity index (χ2n) is 2.92. The van der Waals surface area contributed by atoms with Gasteiger partial charge in [0.2, 0.25) is 0 Å². The molecular weight excluding hydrogens is 171 g/mol. The molecule has 0 aromatic rings. The lowest BCUT2D eigenvalue weighted by Crippen LogP contribution is -2.08. The van der Waals surface area contributed by atoms with Crippen molar-refractivity contribution in [1.29, 1.82) is 0 Å². The highest BCUT2D eigenvalue weighted by Crippen LogP contribution is 2.24. The smallest absolute Gasteiger partial charge is 0.110 e. The molecular formula is C7H12Cl2O. The monoisotopic (exact) mass is 182 g/mol. The second-order valence-corrected chi connectivity index (χ2v) is 4.20. The third kappa shape index (κ3) is 2.65. The van der Waals surface area contributed by atoms with Gasteiger partial charge < -0.3 is 4.74 Å². The van der Waals surface area contributed by atoms with E-state index in [1.54, 1.807) is 0 Å². The molecule has 0 spiro atoms. The van der Waals surface area contributed by atoms with Crippen LogP contribution in [0.5, 0.6) is 0 Å². The fourth-order valence-corrected chi connectivity index (χ4v) is 1.65. The maximum atomic E-state index is 5.59. The van der Waals surface area contributed by atoms with Crippen LogP contribution in [0.3, 0.4) is 0 Å². The minimum Gasteiger partial charge on any atom is -0.378 e. The topological polar surface area (TPSA) is 9.23 Å². The zero-order chi connectivity index (χ0) is 7.56. The average Bonchev–Trinajstić information content (AvgIpc) is 2.13. The van der Waals surface area contributed by atoms with Crippen molar-refractivity contribution in [3.63, 3.8) is 0 Å². The van der Waals surface area contributed by atoms with Gasteiger partial charge in [0.25, 0.3) is 0 Å². The van der Waals surface area contributed by atoms with Crippen molar-refractivity contribution in [2.75, 3.05) is 6.61 Å². The Morgan fingerprint density at radius 3 is 2.70 bits per heavy atom. The summed E-state index contributed by atoms with van der Waals surface area (Å²) in [6.45, 7) is 3.04. The van der Waals surface area contributed by atoms with Crippen LogP contribution >= 0.6 is 23.2 Å². The van der Waals surface area contributed by atoms with Gasteiger partial charge in [0.15, 0.2) is 0 Å². The highest BCUT2D eigenvalue weighted by Gasteiger charge is 2.23. The van der Waals surface area contributed by atoms with E-state index in [9.17, 15) is 0 Å². The lowest BCUT2D eigenvalue weighted by Gasteiger charge is -2.08. The number of halogens is 2. The molecule has 0 aliphatic carbocycles. The van der Waals surface area contributed by atoms with Crippen LogP contribution in [0.1, 0.15) is 19.8 Å². The first-order valence-corrected chi connectivity index (χ1v) is 4.45. The Bertz CT molecular complexity index is 106. The quantitative estimate of drug-likeness (QED) is 0.598. The van der Waals surface area contributed by atoms with E-state index in [4.69, 9.17) is 27.9 Å². The zero-order valence-electron chi connectivity index (χ0n) is 6.02. The van der Waals surface area contributed by atoms with E-state index < -0.39 is 0 Å². The third-order valence-electron chi connectivity index (χ3n) is 1.72. The molecule has 1 nitrogen and oxygen atoms in total. The van der Waals surface area contributed by atoms with Crippen LogP contribution in [0.25, 0.3) is 0 Å². The highest BCUT2D eigenvalue weighted by atomic mass is 35.5. The van der Waals surface area contributed by atoms with E-state index in [0.29, 0.717) is 12.0 Å². The van der Waals surface area contributed by atoms with Gasteiger partial charge in [0, 0.05) is 13.0 Å². The van der Waals surface area contributed by atoms with Gasteiger partial charge in [-0.15, -0.1) is 23.2 Å². The second kappa shape index (κ2) is 3.80. The summed E-state index contributed by atoms with van der Waals surface area (Å²) in [5.41, 5.74) is 0. The van der Waals surface area contributed by atoms with E-state index in [1.807, 2.05) is 0 Å².